The van der Waals surface area contributed by atoms with Gasteiger partial charge in [-0.2, -0.15) is 5.10 Å². The second-order valence-electron chi connectivity index (χ2n) is 6.40. The zero-order valence-electron chi connectivity index (χ0n) is 13.7. The highest BCUT2D eigenvalue weighted by Crippen LogP contribution is 2.19. The number of aryl methyl sites for hydroxylation is 2. The second kappa shape index (κ2) is 7.05. The van der Waals surface area contributed by atoms with Gasteiger partial charge >= 0.3 is 0 Å². The van der Waals surface area contributed by atoms with E-state index in [0.717, 1.165) is 25.2 Å². The number of hydrogen-bond donors (Lipinski definition) is 0. The lowest BCUT2D eigenvalue weighted by molar-refractivity contribution is 0.130. The SMILES string of the molecule is Cc1cc(C)n(C[C@@H]2CCCCN2CCc2ccncc2)n1. The van der Waals surface area contributed by atoms with Crippen molar-refractivity contribution in [3.05, 3.63) is 47.5 Å². The number of likely N-dealkylation sites (tertiary alicyclic amines) is 1. The number of hydrogen-bond acceptors (Lipinski definition) is 3. The first-order valence-electron chi connectivity index (χ1n) is 8.36. The van der Waals surface area contributed by atoms with Crippen LogP contribution in [0.15, 0.2) is 30.6 Å². The Bertz CT molecular complexity index is 590. The molecule has 0 amide bonds. The third-order valence-electron chi connectivity index (χ3n) is 4.67. The Hall–Kier alpha value is -1.68. The van der Waals surface area contributed by atoms with E-state index in [4.69, 9.17) is 0 Å². The summed E-state index contributed by atoms with van der Waals surface area (Å²) in [5.41, 5.74) is 3.78. The Morgan fingerprint density at radius 2 is 2.00 bits per heavy atom. The van der Waals surface area contributed by atoms with E-state index in [2.05, 4.69) is 51.7 Å². The van der Waals surface area contributed by atoms with Gasteiger partial charge in [0.05, 0.1) is 12.2 Å². The van der Waals surface area contributed by atoms with Crippen molar-refractivity contribution < 1.29 is 0 Å². The fourth-order valence-corrected chi connectivity index (χ4v) is 3.44. The molecule has 0 aromatic carbocycles. The fraction of sp³-hybridized carbons (Fsp3) is 0.556. The summed E-state index contributed by atoms with van der Waals surface area (Å²) >= 11 is 0. The standard InChI is InChI=1S/C18H26N4/c1-15-13-16(2)22(20-15)14-18-5-3-4-11-21(18)12-8-17-6-9-19-10-7-17/h6-7,9-10,13,18H,3-5,8,11-12,14H2,1-2H3/t18-/m0/s1. The van der Waals surface area contributed by atoms with Gasteiger partial charge in [0.1, 0.15) is 0 Å². The van der Waals surface area contributed by atoms with E-state index in [1.54, 1.807) is 0 Å². The molecule has 0 bridgehead atoms. The van der Waals surface area contributed by atoms with Crippen molar-refractivity contribution in [2.45, 2.75) is 52.1 Å². The molecule has 0 unspecified atom stereocenters. The summed E-state index contributed by atoms with van der Waals surface area (Å²) in [5, 5.41) is 4.64. The molecule has 3 heterocycles. The summed E-state index contributed by atoms with van der Waals surface area (Å²) in [6.07, 6.45) is 8.84. The summed E-state index contributed by atoms with van der Waals surface area (Å²) in [4.78, 5) is 6.75. The molecule has 118 valence electrons. The lowest BCUT2D eigenvalue weighted by Gasteiger charge is -2.36. The van der Waals surface area contributed by atoms with Crippen molar-refractivity contribution in [1.29, 1.82) is 0 Å². The van der Waals surface area contributed by atoms with Crippen LogP contribution in [0.2, 0.25) is 0 Å². The highest BCUT2D eigenvalue weighted by molar-refractivity contribution is 5.10. The van der Waals surface area contributed by atoms with Gasteiger partial charge in [0, 0.05) is 30.7 Å². The summed E-state index contributed by atoms with van der Waals surface area (Å²) in [6.45, 7) is 7.61. The Kier molecular flexibility index (Phi) is 4.88. The Balaban J connectivity index is 1.62. The molecule has 4 heteroatoms. The molecule has 0 N–H and O–H groups in total. The molecule has 2 aromatic rings. The van der Waals surface area contributed by atoms with Crippen LogP contribution in [0.5, 0.6) is 0 Å². The molecular weight excluding hydrogens is 272 g/mol. The van der Waals surface area contributed by atoms with E-state index in [1.165, 1.54) is 37.1 Å². The van der Waals surface area contributed by atoms with Gasteiger partial charge in [-0.05, 0) is 63.4 Å². The minimum atomic E-state index is 0.619. The van der Waals surface area contributed by atoms with Crippen molar-refractivity contribution in [1.82, 2.24) is 19.7 Å². The second-order valence-corrected chi connectivity index (χ2v) is 6.40. The molecule has 0 aliphatic carbocycles. The molecule has 0 saturated carbocycles. The van der Waals surface area contributed by atoms with Gasteiger partial charge in [-0.3, -0.25) is 14.6 Å². The number of pyridine rings is 1. The molecule has 1 fully saturated rings. The highest BCUT2D eigenvalue weighted by atomic mass is 15.3. The summed E-state index contributed by atoms with van der Waals surface area (Å²) in [6, 6.07) is 7.04. The van der Waals surface area contributed by atoms with Crippen molar-refractivity contribution >= 4 is 0 Å². The maximum absolute atomic E-state index is 4.64. The van der Waals surface area contributed by atoms with E-state index in [9.17, 15) is 0 Å². The maximum atomic E-state index is 4.64. The lowest BCUT2D eigenvalue weighted by Crippen LogP contribution is -2.43. The average molecular weight is 298 g/mol. The van der Waals surface area contributed by atoms with Crippen LogP contribution in [-0.2, 0) is 13.0 Å². The molecule has 22 heavy (non-hydrogen) atoms. The van der Waals surface area contributed by atoms with Crippen molar-refractivity contribution in [3.63, 3.8) is 0 Å². The van der Waals surface area contributed by atoms with Gasteiger partial charge in [-0.1, -0.05) is 6.42 Å². The third-order valence-corrected chi connectivity index (χ3v) is 4.67. The summed E-state index contributed by atoms with van der Waals surface area (Å²) in [7, 11) is 0. The van der Waals surface area contributed by atoms with Gasteiger partial charge in [0.15, 0.2) is 0 Å². The number of aromatic nitrogens is 3. The Labute approximate surface area is 133 Å². The van der Waals surface area contributed by atoms with Crippen LogP contribution < -0.4 is 0 Å². The van der Waals surface area contributed by atoms with Crippen LogP contribution in [-0.4, -0.2) is 38.8 Å². The summed E-state index contributed by atoms with van der Waals surface area (Å²) in [5.74, 6) is 0. The molecule has 0 spiro atoms. The summed E-state index contributed by atoms with van der Waals surface area (Å²) < 4.78 is 2.19. The van der Waals surface area contributed by atoms with Gasteiger partial charge in [-0.15, -0.1) is 0 Å². The molecule has 1 aliphatic rings. The molecule has 2 aromatic heterocycles. The van der Waals surface area contributed by atoms with Crippen LogP contribution >= 0.6 is 0 Å². The van der Waals surface area contributed by atoms with Gasteiger partial charge < -0.3 is 0 Å². The first-order valence-corrected chi connectivity index (χ1v) is 8.36. The van der Waals surface area contributed by atoms with Crippen molar-refractivity contribution in [3.8, 4) is 0 Å². The van der Waals surface area contributed by atoms with E-state index in [-0.39, 0.29) is 0 Å². The predicted octanol–water partition coefficient (Wildman–Crippen LogP) is 2.99. The molecule has 0 radical (unpaired) electrons. The topological polar surface area (TPSA) is 34.0 Å². The highest BCUT2D eigenvalue weighted by Gasteiger charge is 2.23. The predicted molar refractivity (Wildman–Crippen MR) is 88.9 cm³/mol. The monoisotopic (exact) mass is 298 g/mol. The third kappa shape index (κ3) is 3.74. The molecule has 3 rings (SSSR count). The van der Waals surface area contributed by atoms with Crippen LogP contribution in [0.25, 0.3) is 0 Å². The zero-order valence-corrected chi connectivity index (χ0v) is 13.7. The smallest absolute Gasteiger partial charge is 0.0596 e. The molecular formula is C18H26N4. The average Bonchev–Trinajstić information content (AvgIpc) is 2.85. The molecule has 1 saturated heterocycles. The van der Waals surface area contributed by atoms with E-state index >= 15 is 0 Å². The quantitative estimate of drug-likeness (QED) is 0.851. The van der Waals surface area contributed by atoms with Gasteiger partial charge in [-0.25, -0.2) is 0 Å². The van der Waals surface area contributed by atoms with E-state index in [1.807, 2.05) is 12.4 Å². The first-order chi connectivity index (χ1) is 10.7. The maximum Gasteiger partial charge on any atom is 0.0596 e. The van der Waals surface area contributed by atoms with E-state index in [0.29, 0.717) is 6.04 Å². The van der Waals surface area contributed by atoms with Crippen molar-refractivity contribution in [2.24, 2.45) is 0 Å². The normalized spacial score (nSPS) is 19.5. The fourth-order valence-electron chi connectivity index (χ4n) is 3.44. The molecule has 4 nitrogen and oxygen atoms in total. The van der Waals surface area contributed by atoms with Crippen LogP contribution in [0.1, 0.15) is 36.2 Å². The van der Waals surface area contributed by atoms with E-state index < -0.39 is 0 Å². The van der Waals surface area contributed by atoms with Gasteiger partial charge in [0.2, 0.25) is 0 Å². The molecule has 1 atom stereocenters. The molecule has 1 aliphatic heterocycles. The van der Waals surface area contributed by atoms with Crippen molar-refractivity contribution in [2.75, 3.05) is 13.1 Å². The number of rotatable bonds is 5. The lowest BCUT2D eigenvalue weighted by atomic mass is 10.0. The Morgan fingerprint density at radius 1 is 1.18 bits per heavy atom. The largest absolute Gasteiger partial charge is 0.298 e. The zero-order chi connectivity index (χ0) is 15.4. The minimum absolute atomic E-state index is 0.619. The van der Waals surface area contributed by atoms with Crippen LogP contribution in [0.3, 0.4) is 0 Å². The van der Waals surface area contributed by atoms with Crippen LogP contribution in [0.4, 0.5) is 0 Å². The Morgan fingerprint density at radius 3 is 2.73 bits per heavy atom. The minimum Gasteiger partial charge on any atom is -0.298 e. The number of nitrogens with zero attached hydrogens (tertiary/aromatic N) is 4. The van der Waals surface area contributed by atoms with Crippen LogP contribution in [0, 0.1) is 13.8 Å². The van der Waals surface area contributed by atoms with Gasteiger partial charge in [0.25, 0.3) is 0 Å². The number of piperidine rings is 1. The first kappa shape index (κ1) is 15.2.